The zero-order valence-corrected chi connectivity index (χ0v) is 30.8. The number of hydrogen-bond donors (Lipinski definition) is 3. The van der Waals surface area contributed by atoms with Crippen molar-refractivity contribution in [2.75, 3.05) is 0 Å². The predicted octanol–water partition coefficient (Wildman–Crippen LogP) is 8.78. The van der Waals surface area contributed by atoms with E-state index in [0.717, 1.165) is 38.8 Å². The molecule has 8 aromatic rings. The fourth-order valence-corrected chi connectivity index (χ4v) is 7.39. The van der Waals surface area contributed by atoms with Crippen LogP contribution in [-0.2, 0) is 26.2 Å². The Labute approximate surface area is 322 Å². The highest BCUT2D eigenvalue weighted by molar-refractivity contribution is 6.42. The molecule has 270 valence electrons. The molecule has 2 heterocycles. The lowest BCUT2D eigenvalue weighted by Gasteiger charge is -2.14. The van der Waals surface area contributed by atoms with E-state index >= 15 is 0 Å². The van der Waals surface area contributed by atoms with E-state index in [-0.39, 0.29) is 18.7 Å². The summed E-state index contributed by atoms with van der Waals surface area (Å²) in [7, 11) is 0. The largest absolute Gasteiger partial charge is 0.387 e. The van der Waals surface area contributed by atoms with Gasteiger partial charge in [-0.2, -0.15) is 0 Å². The van der Waals surface area contributed by atoms with Crippen molar-refractivity contribution in [1.29, 1.82) is 5.41 Å². The van der Waals surface area contributed by atoms with Gasteiger partial charge in [0, 0.05) is 0 Å². The van der Waals surface area contributed by atoms with Crippen molar-refractivity contribution in [3.8, 4) is 0 Å². The standard InChI is InChI=1S/C44H38Cl2N6O2/c45-35-22-20-33(24-36(35)46)42(54)28-50-40-25-34(21-23-39(40)49(43(50)47)26-30-12-4-1-5-13-30)48-44-51(27-31-14-6-2-7-15-31)37-18-10-11-19-38(37)52(44)29-41(53)32-16-8-3-9-17-32/h1-25,41-42,47,53-54H,26-29H2/b47-43?,48-44+. The van der Waals surface area contributed by atoms with E-state index in [2.05, 4.69) is 33.4 Å². The third kappa shape index (κ3) is 7.17. The van der Waals surface area contributed by atoms with Gasteiger partial charge in [-0.05, 0) is 64.7 Å². The minimum atomic E-state index is -0.958. The van der Waals surface area contributed by atoms with E-state index in [0.29, 0.717) is 40.0 Å². The molecule has 0 aliphatic carbocycles. The Bertz CT molecular complexity index is 2700. The summed E-state index contributed by atoms with van der Waals surface area (Å²) in [6.07, 6.45) is -1.73. The third-order valence-electron chi connectivity index (χ3n) is 9.82. The molecular formula is C44H38Cl2N6O2. The molecule has 6 aromatic carbocycles. The fraction of sp³-hybridized carbons (Fsp3) is 0.136. The number of fused-ring (bicyclic) bond motifs is 2. The molecule has 0 saturated heterocycles. The smallest absolute Gasteiger partial charge is 0.211 e. The van der Waals surface area contributed by atoms with E-state index in [4.69, 9.17) is 28.2 Å². The van der Waals surface area contributed by atoms with Crippen molar-refractivity contribution in [2.24, 2.45) is 4.99 Å². The van der Waals surface area contributed by atoms with Crippen LogP contribution in [0.3, 0.4) is 0 Å². The lowest BCUT2D eigenvalue weighted by atomic mass is 10.1. The lowest BCUT2D eigenvalue weighted by Crippen LogP contribution is -2.28. The van der Waals surface area contributed by atoms with E-state index in [9.17, 15) is 15.6 Å². The van der Waals surface area contributed by atoms with E-state index in [1.165, 1.54) is 0 Å². The molecule has 2 atom stereocenters. The van der Waals surface area contributed by atoms with Crippen LogP contribution in [0.15, 0.2) is 157 Å². The molecule has 8 rings (SSSR count). The zero-order chi connectivity index (χ0) is 37.2. The first-order valence-corrected chi connectivity index (χ1v) is 18.5. The van der Waals surface area contributed by atoms with Crippen LogP contribution in [0.5, 0.6) is 0 Å². The molecular weight excluding hydrogens is 715 g/mol. The summed E-state index contributed by atoms with van der Waals surface area (Å²) in [5.41, 5.74) is 8.69. The predicted molar refractivity (Wildman–Crippen MR) is 215 cm³/mol. The molecule has 0 spiro atoms. The normalized spacial score (nSPS) is 13.1. The molecule has 8 nitrogen and oxygen atoms in total. The van der Waals surface area contributed by atoms with Crippen LogP contribution in [0, 0.1) is 5.41 Å². The first kappa shape index (κ1) is 35.4. The second kappa shape index (κ2) is 15.4. The molecule has 0 aliphatic rings. The summed E-state index contributed by atoms with van der Waals surface area (Å²) < 4.78 is 8.03. The van der Waals surface area contributed by atoms with Crippen LogP contribution in [0.4, 0.5) is 5.69 Å². The van der Waals surface area contributed by atoms with Crippen molar-refractivity contribution >= 4 is 51.0 Å². The van der Waals surface area contributed by atoms with Gasteiger partial charge in [-0.25, -0.2) is 4.99 Å². The maximum absolute atomic E-state index is 11.5. The van der Waals surface area contributed by atoms with E-state index < -0.39 is 12.2 Å². The molecule has 2 aromatic heterocycles. The molecule has 0 bridgehead atoms. The van der Waals surface area contributed by atoms with Gasteiger partial charge in [-0.3, -0.25) is 5.41 Å². The van der Waals surface area contributed by atoms with Gasteiger partial charge in [-0.15, -0.1) is 0 Å². The quantitative estimate of drug-likeness (QED) is 0.123. The molecule has 0 saturated carbocycles. The molecule has 0 aliphatic heterocycles. The SMILES string of the molecule is N=c1n(Cc2ccccc2)c2ccc(/N=c3\n(Cc4ccccc4)c4ccccc4n3CC(O)c3ccccc3)cc2n1CC(O)c1ccc(Cl)c(Cl)c1. The summed E-state index contributed by atoms with van der Waals surface area (Å²) in [6.45, 7) is 1.44. The van der Waals surface area contributed by atoms with Crippen molar-refractivity contribution in [2.45, 2.75) is 38.4 Å². The number of aliphatic hydroxyl groups is 2. The van der Waals surface area contributed by atoms with Gasteiger partial charge < -0.3 is 28.5 Å². The van der Waals surface area contributed by atoms with Crippen LogP contribution in [0.2, 0.25) is 10.0 Å². The molecule has 0 radical (unpaired) electrons. The summed E-state index contributed by atoms with van der Waals surface area (Å²) >= 11 is 12.5. The molecule has 0 fully saturated rings. The number of nitrogens with zero attached hydrogens (tertiary/aromatic N) is 5. The van der Waals surface area contributed by atoms with Gasteiger partial charge in [0.25, 0.3) is 0 Å². The number of para-hydroxylation sites is 2. The summed E-state index contributed by atoms with van der Waals surface area (Å²) in [6, 6.07) is 49.1. The Kier molecular flexibility index (Phi) is 10.1. The van der Waals surface area contributed by atoms with Gasteiger partial charge in [-0.1, -0.05) is 132 Å². The van der Waals surface area contributed by atoms with Crippen LogP contribution >= 0.6 is 23.2 Å². The maximum atomic E-state index is 11.5. The van der Waals surface area contributed by atoms with Crippen LogP contribution in [0.25, 0.3) is 22.1 Å². The van der Waals surface area contributed by atoms with Gasteiger partial charge in [0.05, 0.1) is 76.2 Å². The molecule has 10 heteroatoms. The zero-order valence-electron chi connectivity index (χ0n) is 29.3. The maximum Gasteiger partial charge on any atom is 0.211 e. The van der Waals surface area contributed by atoms with Gasteiger partial charge in [0.1, 0.15) is 0 Å². The number of hydrogen-bond acceptors (Lipinski definition) is 4. The van der Waals surface area contributed by atoms with E-state index in [1.807, 2.05) is 118 Å². The number of aliphatic hydroxyl groups excluding tert-OH is 2. The number of benzene rings is 6. The average molecular weight is 754 g/mol. The summed E-state index contributed by atoms with van der Waals surface area (Å²) in [4.78, 5) is 5.33. The highest BCUT2D eigenvalue weighted by atomic mass is 35.5. The van der Waals surface area contributed by atoms with Crippen LogP contribution in [-0.4, -0.2) is 28.5 Å². The number of halogens is 2. The van der Waals surface area contributed by atoms with Gasteiger partial charge >= 0.3 is 0 Å². The van der Waals surface area contributed by atoms with Crippen LogP contribution in [0.1, 0.15) is 34.5 Å². The fourth-order valence-electron chi connectivity index (χ4n) is 7.08. The van der Waals surface area contributed by atoms with Gasteiger partial charge in [0.15, 0.2) is 0 Å². The Balaban J connectivity index is 1.31. The number of imidazole rings is 2. The topological polar surface area (TPSA) is 96.4 Å². The number of rotatable bonds is 11. The minimum Gasteiger partial charge on any atom is -0.387 e. The third-order valence-corrected chi connectivity index (χ3v) is 10.6. The van der Waals surface area contributed by atoms with Gasteiger partial charge in [0.2, 0.25) is 11.2 Å². The Morgan fingerprint density at radius 2 is 1.04 bits per heavy atom. The first-order chi connectivity index (χ1) is 26.3. The molecule has 0 amide bonds. The highest BCUT2D eigenvalue weighted by Crippen LogP contribution is 2.28. The Morgan fingerprint density at radius 3 is 1.69 bits per heavy atom. The summed E-state index contributed by atoms with van der Waals surface area (Å²) in [5.74, 6) is 0. The molecule has 2 unspecified atom stereocenters. The highest BCUT2D eigenvalue weighted by Gasteiger charge is 2.19. The van der Waals surface area contributed by atoms with Crippen molar-refractivity contribution in [1.82, 2.24) is 18.3 Å². The second-order valence-corrected chi connectivity index (χ2v) is 14.2. The van der Waals surface area contributed by atoms with Crippen LogP contribution < -0.4 is 11.2 Å². The Morgan fingerprint density at radius 1 is 0.500 bits per heavy atom. The minimum absolute atomic E-state index is 0.107. The molecule has 3 N–H and O–H groups in total. The van der Waals surface area contributed by atoms with Crippen molar-refractivity contribution in [3.63, 3.8) is 0 Å². The average Bonchev–Trinajstić information content (AvgIpc) is 3.62. The summed E-state index contributed by atoms with van der Waals surface area (Å²) in [5, 5.41) is 33.1. The number of nitrogens with one attached hydrogen (secondary N) is 1. The monoisotopic (exact) mass is 752 g/mol. The molecule has 54 heavy (non-hydrogen) atoms. The van der Waals surface area contributed by atoms with Crippen molar-refractivity contribution < 1.29 is 10.2 Å². The Hall–Kier alpha value is -5.64. The van der Waals surface area contributed by atoms with E-state index in [1.54, 1.807) is 18.2 Å². The first-order valence-electron chi connectivity index (χ1n) is 17.8. The second-order valence-electron chi connectivity index (χ2n) is 13.4. The number of aromatic nitrogens is 4. The lowest BCUT2D eigenvalue weighted by molar-refractivity contribution is 0.155. The van der Waals surface area contributed by atoms with Crippen molar-refractivity contribution in [3.05, 3.63) is 195 Å².